The maximum atomic E-state index is 5.16. The number of fused-ring (bicyclic) bond motifs is 6. The molecule has 0 aliphatic heterocycles. The van der Waals surface area contributed by atoms with Gasteiger partial charge in [-0.1, -0.05) is 117 Å². The molecular weight excluding hydrogens is 571 g/mol. The van der Waals surface area contributed by atoms with Crippen LogP contribution in [0.25, 0.3) is 77.8 Å². The number of benzene rings is 6. The van der Waals surface area contributed by atoms with E-state index in [1.165, 1.54) is 43.8 Å². The van der Waals surface area contributed by atoms with Gasteiger partial charge in [-0.2, -0.15) is 0 Å². The van der Waals surface area contributed by atoms with Gasteiger partial charge in [0.05, 0.1) is 17.1 Å². The standard InChI is InChI=1S/C44H31N3/c1-44(2)38-16-7-6-15-35(38)37-26-36-30(25-39(37)44)19-18-29-23-33(20-21-34(29)36)43-46-41(28-11-4-3-5-12-28)27-42(47-43)32-14-10-13-31(24-32)40-17-8-9-22-45-40/h3-27H,1-2H3. The highest BCUT2D eigenvalue weighted by Crippen LogP contribution is 2.50. The minimum Gasteiger partial charge on any atom is -0.256 e. The molecule has 2 aromatic heterocycles. The van der Waals surface area contributed by atoms with Crippen molar-refractivity contribution >= 4 is 21.5 Å². The molecule has 0 fully saturated rings. The third kappa shape index (κ3) is 4.54. The van der Waals surface area contributed by atoms with E-state index in [0.29, 0.717) is 5.82 Å². The first-order chi connectivity index (χ1) is 23.0. The second-order valence-electron chi connectivity index (χ2n) is 12.9. The molecule has 0 radical (unpaired) electrons. The summed E-state index contributed by atoms with van der Waals surface area (Å²) in [5, 5.41) is 4.94. The van der Waals surface area contributed by atoms with E-state index in [4.69, 9.17) is 9.97 Å². The van der Waals surface area contributed by atoms with E-state index in [9.17, 15) is 0 Å². The zero-order chi connectivity index (χ0) is 31.5. The van der Waals surface area contributed by atoms with E-state index in [0.717, 1.165) is 39.3 Å². The monoisotopic (exact) mass is 601 g/mol. The summed E-state index contributed by atoms with van der Waals surface area (Å²) in [6, 6.07) is 51.6. The van der Waals surface area contributed by atoms with E-state index in [-0.39, 0.29) is 5.41 Å². The fourth-order valence-corrected chi connectivity index (χ4v) is 7.25. The summed E-state index contributed by atoms with van der Waals surface area (Å²) in [7, 11) is 0. The maximum Gasteiger partial charge on any atom is 0.160 e. The Morgan fingerprint density at radius 3 is 1.94 bits per heavy atom. The molecule has 222 valence electrons. The molecule has 0 unspecified atom stereocenters. The van der Waals surface area contributed by atoms with Crippen LogP contribution in [0, 0.1) is 0 Å². The molecule has 1 aliphatic rings. The molecular formula is C44H31N3. The zero-order valence-corrected chi connectivity index (χ0v) is 26.3. The fourth-order valence-electron chi connectivity index (χ4n) is 7.25. The SMILES string of the molecule is CC1(C)c2ccccc2-c2cc3c(ccc4cc(-c5nc(-c6ccccc6)cc(-c6cccc(-c7ccccn7)c6)n5)ccc43)cc21. The van der Waals surface area contributed by atoms with Crippen LogP contribution in [0.5, 0.6) is 0 Å². The van der Waals surface area contributed by atoms with Gasteiger partial charge in [0, 0.05) is 33.9 Å². The number of aromatic nitrogens is 3. The fraction of sp³-hybridized carbons (Fsp3) is 0.0682. The molecule has 9 rings (SSSR count). The highest BCUT2D eigenvalue weighted by molar-refractivity contribution is 6.10. The van der Waals surface area contributed by atoms with Crippen molar-refractivity contribution in [2.24, 2.45) is 0 Å². The summed E-state index contributed by atoms with van der Waals surface area (Å²) in [5.74, 6) is 0.705. The Kier molecular flexibility index (Phi) is 6.16. The second-order valence-corrected chi connectivity index (χ2v) is 12.9. The summed E-state index contributed by atoms with van der Waals surface area (Å²) in [6.07, 6.45) is 1.83. The van der Waals surface area contributed by atoms with Gasteiger partial charge in [0.2, 0.25) is 0 Å². The van der Waals surface area contributed by atoms with E-state index in [2.05, 4.69) is 140 Å². The van der Waals surface area contributed by atoms with Gasteiger partial charge in [-0.15, -0.1) is 0 Å². The average Bonchev–Trinajstić information content (AvgIpc) is 3.36. The first-order valence-electron chi connectivity index (χ1n) is 16.1. The van der Waals surface area contributed by atoms with Crippen molar-refractivity contribution in [3.63, 3.8) is 0 Å². The first kappa shape index (κ1) is 27.4. The van der Waals surface area contributed by atoms with Gasteiger partial charge in [-0.25, -0.2) is 9.97 Å². The highest BCUT2D eigenvalue weighted by Gasteiger charge is 2.35. The van der Waals surface area contributed by atoms with E-state index in [1.807, 2.05) is 30.5 Å². The topological polar surface area (TPSA) is 38.7 Å². The lowest BCUT2D eigenvalue weighted by molar-refractivity contribution is 0.661. The summed E-state index contributed by atoms with van der Waals surface area (Å²) >= 11 is 0. The van der Waals surface area contributed by atoms with Crippen LogP contribution in [0.3, 0.4) is 0 Å². The van der Waals surface area contributed by atoms with Crippen molar-refractivity contribution in [1.29, 1.82) is 0 Å². The average molecular weight is 602 g/mol. The molecule has 0 N–H and O–H groups in total. The van der Waals surface area contributed by atoms with Crippen LogP contribution in [-0.4, -0.2) is 15.0 Å². The summed E-state index contributed by atoms with van der Waals surface area (Å²) in [5.41, 5.74) is 12.3. The van der Waals surface area contributed by atoms with Gasteiger partial charge in [0.25, 0.3) is 0 Å². The molecule has 0 amide bonds. The summed E-state index contributed by atoms with van der Waals surface area (Å²) in [4.78, 5) is 14.8. The number of pyridine rings is 1. The Labute approximate surface area is 274 Å². The second kappa shape index (κ2) is 10.6. The van der Waals surface area contributed by atoms with Gasteiger partial charge in [-0.05, 0) is 86.3 Å². The van der Waals surface area contributed by atoms with E-state index >= 15 is 0 Å². The predicted molar refractivity (Wildman–Crippen MR) is 194 cm³/mol. The Morgan fingerprint density at radius 2 is 1.13 bits per heavy atom. The van der Waals surface area contributed by atoms with Crippen LogP contribution in [0.2, 0.25) is 0 Å². The molecule has 47 heavy (non-hydrogen) atoms. The highest BCUT2D eigenvalue weighted by atomic mass is 14.9. The predicted octanol–water partition coefficient (Wildman–Crippen LogP) is 11.2. The molecule has 0 bridgehead atoms. The van der Waals surface area contributed by atoms with Crippen molar-refractivity contribution in [2.45, 2.75) is 19.3 Å². The van der Waals surface area contributed by atoms with Crippen molar-refractivity contribution in [2.75, 3.05) is 0 Å². The number of hydrogen-bond acceptors (Lipinski definition) is 3. The maximum absolute atomic E-state index is 5.16. The van der Waals surface area contributed by atoms with Crippen LogP contribution < -0.4 is 0 Å². The zero-order valence-electron chi connectivity index (χ0n) is 26.3. The number of rotatable bonds is 4. The van der Waals surface area contributed by atoms with Crippen LogP contribution >= 0.6 is 0 Å². The lowest BCUT2D eigenvalue weighted by Crippen LogP contribution is -2.14. The Morgan fingerprint density at radius 1 is 0.426 bits per heavy atom. The molecule has 2 heterocycles. The number of hydrogen-bond donors (Lipinski definition) is 0. The number of nitrogens with zero attached hydrogens (tertiary/aromatic N) is 3. The molecule has 8 aromatic rings. The van der Waals surface area contributed by atoms with Gasteiger partial charge in [-0.3, -0.25) is 4.98 Å². The van der Waals surface area contributed by atoms with E-state index < -0.39 is 0 Å². The molecule has 0 spiro atoms. The normalized spacial score (nSPS) is 13.1. The third-order valence-corrected chi connectivity index (χ3v) is 9.71. The van der Waals surface area contributed by atoms with Crippen molar-refractivity contribution in [3.05, 3.63) is 163 Å². The molecule has 6 aromatic carbocycles. The van der Waals surface area contributed by atoms with Gasteiger partial charge < -0.3 is 0 Å². The molecule has 1 aliphatic carbocycles. The lowest BCUT2D eigenvalue weighted by Gasteiger charge is -2.21. The first-order valence-corrected chi connectivity index (χ1v) is 16.1. The van der Waals surface area contributed by atoms with Gasteiger partial charge in [0.1, 0.15) is 0 Å². The third-order valence-electron chi connectivity index (χ3n) is 9.71. The largest absolute Gasteiger partial charge is 0.256 e. The Bertz CT molecular complexity index is 2480. The Balaban J connectivity index is 1.19. The van der Waals surface area contributed by atoms with E-state index in [1.54, 1.807) is 0 Å². The minimum atomic E-state index is -0.0190. The smallest absolute Gasteiger partial charge is 0.160 e. The van der Waals surface area contributed by atoms with Crippen molar-refractivity contribution < 1.29 is 0 Å². The minimum absolute atomic E-state index is 0.0190. The molecule has 3 nitrogen and oxygen atoms in total. The van der Waals surface area contributed by atoms with Crippen LogP contribution in [-0.2, 0) is 5.41 Å². The van der Waals surface area contributed by atoms with Crippen molar-refractivity contribution in [3.8, 4) is 56.3 Å². The van der Waals surface area contributed by atoms with Gasteiger partial charge >= 0.3 is 0 Å². The Hall–Kier alpha value is -5.93. The summed E-state index contributed by atoms with van der Waals surface area (Å²) < 4.78 is 0. The van der Waals surface area contributed by atoms with Gasteiger partial charge in [0.15, 0.2) is 5.82 Å². The molecule has 0 atom stereocenters. The summed E-state index contributed by atoms with van der Waals surface area (Å²) in [6.45, 7) is 4.67. The molecule has 0 saturated carbocycles. The van der Waals surface area contributed by atoms with Crippen LogP contribution in [0.4, 0.5) is 0 Å². The molecule has 3 heteroatoms. The van der Waals surface area contributed by atoms with Crippen LogP contribution in [0.1, 0.15) is 25.0 Å². The van der Waals surface area contributed by atoms with Crippen molar-refractivity contribution in [1.82, 2.24) is 15.0 Å². The molecule has 0 saturated heterocycles. The van der Waals surface area contributed by atoms with Crippen LogP contribution in [0.15, 0.2) is 152 Å². The lowest BCUT2D eigenvalue weighted by atomic mass is 9.81. The quantitative estimate of drug-likeness (QED) is 0.188.